The van der Waals surface area contributed by atoms with Crippen LogP contribution in [0, 0.1) is 6.92 Å². The van der Waals surface area contributed by atoms with E-state index in [-0.39, 0.29) is 5.91 Å². The van der Waals surface area contributed by atoms with Crippen LogP contribution in [0.25, 0.3) is 10.2 Å². The molecule has 0 aliphatic heterocycles. The Bertz CT molecular complexity index is 1100. The van der Waals surface area contributed by atoms with Gasteiger partial charge in [0, 0.05) is 29.5 Å². The third-order valence-electron chi connectivity index (χ3n) is 4.53. The molecule has 0 bridgehead atoms. The summed E-state index contributed by atoms with van der Waals surface area (Å²) in [5.41, 5.74) is 3.08. The first-order valence-electron chi connectivity index (χ1n) is 9.44. The third-order valence-corrected chi connectivity index (χ3v) is 6.59. The van der Waals surface area contributed by atoms with Gasteiger partial charge < -0.3 is 0 Å². The number of carbonyl (C=O) groups excluding carboxylic acids is 1. The summed E-state index contributed by atoms with van der Waals surface area (Å²) in [6.07, 6.45) is 4.00. The highest BCUT2D eigenvalue weighted by atomic mass is 32.2. The molecule has 4 aromatic rings. The van der Waals surface area contributed by atoms with Crippen molar-refractivity contribution in [1.82, 2.24) is 9.97 Å². The van der Waals surface area contributed by atoms with Gasteiger partial charge in [0.2, 0.25) is 5.91 Å². The van der Waals surface area contributed by atoms with Gasteiger partial charge >= 0.3 is 0 Å². The average Bonchev–Trinajstić information content (AvgIpc) is 3.19. The molecule has 6 heteroatoms. The summed E-state index contributed by atoms with van der Waals surface area (Å²) in [6.45, 7) is 2.52. The molecule has 1 amide bonds. The molecule has 4 nitrogen and oxygen atoms in total. The van der Waals surface area contributed by atoms with E-state index in [9.17, 15) is 4.79 Å². The highest BCUT2D eigenvalue weighted by Crippen LogP contribution is 2.32. The molecule has 2 aromatic heterocycles. The molecular formula is C23H21N3OS2. The van der Waals surface area contributed by atoms with Crippen molar-refractivity contribution < 1.29 is 4.79 Å². The van der Waals surface area contributed by atoms with Crippen molar-refractivity contribution in [3.8, 4) is 0 Å². The maximum atomic E-state index is 13.2. The van der Waals surface area contributed by atoms with E-state index in [2.05, 4.69) is 36.2 Å². The first-order chi connectivity index (χ1) is 14.2. The predicted octanol–water partition coefficient (Wildman–Crippen LogP) is 5.72. The number of rotatable bonds is 7. The SMILES string of the molecule is Cc1cccc2sc(N(Cc3cccnc3)C(=O)CCSc3ccccc3)nc12. The third kappa shape index (κ3) is 4.83. The Morgan fingerprint density at radius 3 is 2.69 bits per heavy atom. The first-order valence-corrected chi connectivity index (χ1v) is 11.2. The van der Waals surface area contributed by atoms with E-state index in [0.29, 0.717) is 13.0 Å². The Hall–Kier alpha value is -2.70. The molecule has 29 heavy (non-hydrogen) atoms. The second-order valence-electron chi connectivity index (χ2n) is 6.67. The molecule has 0 aliphatic rings. The lowest BCUT2D eigenvalue weighted by molar-refractivity contribution is -0.118. The maximum absolute atomic E-state index is 13.2. The normalized spacial score (nSPS) is 10.9. The Balaban J connectivity index is 1.55. The average molecular weight is 420 g/mol. The monoisotopic (exact) mass is 419 g/mol. The minimum Gasteiger partial charge on any atom is -0.284 e. The number of thioether (sulfide) groups is 1. The molecule has 0 fully saturated rings. The zero-order valence-corrected chi connectivity index (χ0v) is 17.7. The molecule has 0 saturated heterocycles. The number of thiazole rings is 1. The van der Waals surface area contributed by atoms with E-state index >= 15 is 0 Å². The Morgan fingerprint density at radius 1 is 1.07 bits per heavy atom. The van der Waals surface area contributed by atoms with Crippen molar-refractivity contribution in [1.29, 1.82) is 0 Å². The van der Waals surface area contributed by atoms with Crippen LogP contribution in [0.2, 0.25) is 0 Å². The van der Waals surface area contributed by atoms with Crippen LogP contribution in [0.1, 0.15) is 17.5 Å². The van der Waals surface area contributed by atoms with Crippen molar-refractivity contribution in [3.05, 3.63) is 84.2 Å². The van der Waals surface area contributed by atoms with Gasteiger partial charge in [0.1, 0.15) is 0 Å². The van der Waals surface area contributed by atoms with Gasteiger partial charge in [-0.1, -0.05) is 47.7 Å². The fraction of sp³-hybridized carbons (Fsp3) is 0.174. The number of hydrogen-bond acceptors (Lipinski definition) is 5. The van der Waals surface area contributed by atoms with Crippen LogP contribution in [-0.4, -0.2) is 21.6 Å². The number of aromatic nitrogens is 2. The van der Waals surface area contributed by atoms with Gasteiger partial charge in [-0.15, -0.1) is 11.8 Å². The molecule has 0 aliphatic carbocycles. The van der Waals surface area contributed by atoms with Crippen LogP contribution < -0.4 is 4.90 Å². The summed E-state index contributed by atoms with van der Waals surface area (Å²) < 4.78 is 1.10. The van der Waals surface area contributed by atoms with E-state index in [1.165, 1.54) is 4.90 Å². The van der Waals surface area contributed by atoms with Crippen molar-refractivity contribution in [2.75, 3.05) is 10.7 Å². The van der Waals surface area contributed by atoms with E-state index in [4.69, 9.17) is 4.98 Å². The number of nitrogens with zero attached hydrogens (tertiary/aromatic N) is 3. The quantitative estimate of drug-likeness (QED) is 0.360. The molecule has 2 heterocycles. The highest BCUT2D eigenvalue weighted by Gasteiger charge is 2.20. The molecule has 0 radical (unpaired) electrons. The fourth-order valence-electron chi connectivity index (χ4n) is 3.03. The lowest BCUT2D eigenvalue weighted by Gasteiger charge is -2.20. The van der Waals surface area contributed by atoms with E-state index in [1.54, 1.807) is 40.4 Å². The number of benzene rings is 2. The lowest BCUT2D eigenvalue weighted by Crippen LogP contribution is -2.30. The fourth-order valence-corrected chi connectivity index (χ4v) is 4.96. The van der Waals surface area contributed by atoms with Crippen LogP contribution >= 0.6 is 23.1 Å². The van der Waals surface area contributed by atoms with Crippen molar-refractivity contribution in [2.24, 2.45) is 0 Å². The van der Waals surface area contributed by atoms with Crippen LogP contribution in [0.4, 0.5) is 5.13 Å². The minimum atomic E-state index is 0.0778. The van der Waals surface area contributed by atoms with Gasteiger partial charge in [-0.2, -0.15) is 0 Å². The summed E-state index contributed by atoms with van der Waals surface area (Å²) >= 11 is 3.26. The van der Waals surface area contributed by atoms with Gasteiger partial charge in [-0.3, -0.25) is 14.7 Å². The number of carbonyl (C=O) groups is 1. The lowest BCUT2D eigenvalue weighted by atomic mass is 10.2. The summed E-state index contributed by atoms with van der Waals surface area (Å²) in [4.78, 5) is 25.1. The molecule has 0 saturated carbocycles. The molecule has 0 unspecified atom stereocenters. The van der Waals surface area contributed by atoms with Gasteiger partial charge in [0.05, 0.1) is 16.8 Å². The topological polar surface area (TPSA) is 46.1 Å². The number of anilines is 1. The van der Waals surface area contributed by atoms with Crippen LogP contribution in [0.15, 0.2) is 78.0 Å². The molecule has 146 valence electrons. The first kappa shape index (κ1) is 19.6. The Labute approximate surface area is 178 Å². The van der Waals surface area contributed by atoms with Gasteiger partial charge in [0.15, 0.2) is 5.13 Å². The van der Waals surface area contributed by atoms with Crippen LogP contribution in [-0.2, 0) is 11.3 Å². The van der Waals surface area contributed by atoms with Crippen molar-refractivity contribution in [2.45, 2.75) is 24.8 Å². The Morgan fingerprint density at radius 2 is 1.93 bits per heavy atom. The molecular weight excluding hydrogens is 398 g/mol. The summed E-state index contributed by atoms with van der Waals surface area (Å²) in [5, 5.41) is 0.743. The Kier molecular flexibility index (Phi) is 6.22. The predicted molar refractivity (Wildman–Crippen MR) is 122 cm³/mol. The standard InChI is InChI=1S/C23H21N3OS2/c1-17-7-5-11-20-22(17)25-23(29-20)26(16-18-8-6-13-24-15-18)21(27)12-14-28-19-9-3-2-4-10-19/h2-11,13,15H,12,14,16H2,1H3. The smallest absolute Gasteiger partial charge is 0.229 e. The largest absolute Gasteiger partial charge is 0.284 e. The zero-order chi connectivity index (χ0) is 20.1. The molecule has 0 N–H and O–H groups in total. The number of aryl methyl sites for hydroxylation is 1. The number of amides is 1. The molecule has 0 atom stereocenters. The van der Waals surface area contributed by atoms with Crippen molar-refractivity contribution in [3.63, 3.8) is 0 Å². The highest BCUT2D eigenvalue weighted by molar-refractivity contribution is 7.99. The summed E-state index contributed by atoms with van der Waals surface area (Å²) in [6, 6.07) is 20.2. The number of hydrogen-bond donors (Lipinski definition) is 0. The molecule has 0 spiro atoms. The summed E-state index contributed by atoms with van der Waals surface area (Å²) in [5.74, 6) is 0.810. The molecule has 2 aromatic carbocycles. The summed E-state index contributed by atoms with van der Waals surface area (Å²) in [7, 11) is 0. The van der Waals surface area contributed by atoms with E-state index in [0.717, 1.165) is 32.2 Å². The minimum absolute atomic E-state index is 0.0778. The van der Waals surface area contributed by atoms with Gasteiger partial charge in [0.25, 0.3) is 0 Å². The van der Waals surface area contributed by atoms with Crippen molar-refractivity contribution >= 4 is 44.4 Å². The van der Waals surface area contributed by atoms with Gasteiger partial charge in [-0.05, 0) is 42.3 Å². The molecule has 4 rings (SSSR count). The van der Waals surface area contributed by atoms with Gasteiger partial charge in [-0.25, -0.2) is 4.98 Å². The van der Waals surface area contributed by atoms with Crippen LogP contribution in [0.3, 0.4) is 0 Å². The number of para-hydroxylation sites is 1. The van der Waals surface area contributed by atoms with Crippen LogP contribution in [0.5, 0.6) is 0 Å². The zero-order valence-electron chi connectivity index (χ0n) is 16.1. The second-order valence-corrected chi connectivity index (χ2v) is 8.85. The van der Waals surface area contributed by atoms with E-state index in [1.807, 2.05) is 36.4 Å². The number of fused-ring (bicyclic) bond motifs is 1. The van der Waals surface area contributed by atoms with E-state index < -0.39 is 0 Å². The number of pyridine rings is 1. The second kappa shape index (κ2) is 9.20. The maximum Gasteiger partial charge on any atom is 0.229 e.